The molecule has 0 spiro atoms. The SMILES string of the molecule is CC1CCC[C@@H]2CC[C@@H](CC(C)(C)O)C[C@H]12. The second-order valence-corrected chi connectivity index (χ2v) is 7.03. The smallest absolute Gasteiger partial charge is 0.0594 e. The molecule has 4 atom stereocenters. The van der Waals surface area contributed by atoms with Crippen LogP contribution in [-0.4, -0.2) is 10.7 Å². The maximum atomic E-state index is 9.93. The number of hydrogen-bond acceptors (Lipinski definition) is 1. The highest BCUT2D eigenvalue weighted by molar-refractivity contribution is 4.88. The molecule has 0 aromatic carbocycles. The zero-order valence-electron chi connectivity index (χ0n) is 11.2. The van der Waals surface area contributed by atoms with E-state index < -0.39 is 5.60 Å². The summed E-state index contributed by atoms with van der Waals surface area (Å²) in [6, 6.07) is 0. The molecule has 0 radical (unpaired) electrons. The van der Waals surface area contributed by atoms with E-state index in [2.05, 4.69) is 6.92 Å². The molecular formula is C15H28O. The molecule has 1 unspecified atom stereocenters. The van der Waals surface area contributed by atoms with E-state index in [-0.39, 0.29) is 0 Å². The molecule has 1 heteroatoms. The maximum absolute atomic E-state index is 9.93. The number of hydrogen-bond donors (Lipinski definition) is 1. The van der Waals surface area contributed by atoms with Crippen LogP contribution in [0.25, 0.3) is 0 Å². The Morgan fingerprint density at radius 2 is 1.88 bits per heavy atom. The van der Waals surface area contributed by atoms with Crippen molar-refractivity contribution in [2.45, 2.75) is 71.3 Å². The van der Waals surface area contributed by atoms with Gasteiger partial charge in [-0.1, -0.05) is 32.6 Å². The second-order valence-electron chi connectivity index (χ2n) is 7.03. The van der Waals surface area contributed by atoms with Gasteiger partial charge in [0.25, 0.3) is 0 Å². The Balaban J connectivity index is 1.92. The normalized spacial score (nSPS) is 40.5. The molecule has 2 fully saturated rings. The average Bonchev–Trinajstić information content (AvgIpc) is 2.17. The van der Waals surface area contributed by atoms with Crippen molar-refractivity contribution in [2.75, 3.05) is 0 Å². The monoisotopic (exact) mass is 224 g/mol. The Kier molecular flexibility index (Phi) is 3.63. The first-order valence-electron chi connectivity index (χ1n) is 7.18. The zero-order valence-corrected chi connectivity index (χ0v) is 11.2. The molecule has 94 valence electrons. The summed E-state index contributed by atoms with van der Waals surface area (Å²) in [5, 5.41) is 9.93. The van der Waals surface area contributed by atoms with Crippen LogP contribution in [-0.2, 0) is 0 Å². The Bertz CT molecular complexity index is 228. The van der Waals surface area contributed by atoms with Crippen LogP contribution >= 0.6 is 0 Å². The third-order valence-electron chi connectivity index (χ3n) is 4.91. The molecule has 2 aliphatic rings. The van der Waals surface area contributed by atoms with Crippen molar-refractivity contribution in [1.29, 1.82) is 0 Å². The molecule has 16 heavy (non-hydrogen) atoms. The summed E-state index contributed by atoms with van der Waals surface area (Å²) >= 11 is 0. The highest BCUT2D eigenvalue weighted by atomic mass is 16.3. The van der Waals surface area contributed by atoms with Gasteiger partial charge in [0, 0.05) is 0 Å². The number of aliphatic hydroxyl groups is 1. The van der Waals surface area contributed by atoms with Crippen molar-refractivity contribution >= 4 is 0 Å². The molecule has 0 aromatic rings. The summed E-state index contributed by atoms with van der Waals surface area (Å²) in [5.74, 6) is 3.70. The van der Waals surface area contributed by atoms with E-state index >= 15 is 0 Å². The molecule has 0 aliphatic heterocycles. The summed E-state index contributed by atoms with van der Waals surface area (Å²) in [6.07, 6.45) is 9.55. The van der Waals surface area contributed by atoms with Crippen LogP contribution in [0.15, 0.2) is 0 Å². The Labute approximate surface area is 101 Å². The van der Waals surface area contributed by atoms with E-state index in [0.717, 1.165) is 30.1 Å². The van der Waals surface area contributed by atoms with Crippen molar-refractivity contribution in [3.8, 4) is 0 Å². The van der Waals surface area contributed by atoms with Gasteiger partial charge >= 0.3 is 0 Å². The minimum atomic E-state index is -0.463. The van der Waals surface area contributed by atoms with E-state index in [9.17, 15) is 5.11 Å². The minimum absolute atomic E-state index is 0.463. The minimum Gasteiger partial charge on any atom is -0.390 e. The van der Waals surface area contributed by atoms with Crippen LogP contribution in [0.4, 0.5) is 0 Å². The van der Waals surface area contributed by atoms with Crippen molar-refractivity contribution in [1.82, 2.24) is 0 Å². The number of fused-ring (bicyclic) bond motifs is 1. The lowest BCUT2D eigenvalue weighted by atomic mass is 9.62. The van der Waals surface area contributed by atoms with Gasteiger partial charge in [0.05, 0.1) is 5.60 Å². The molecule has 2 rings (SSSR count). The molecule has 0 saturated heterocycles. The fraction of sp³-hybridized carbons (Fsp3) is 1.00. The van der Waals surface area contributed by atoms with Gasteiger partial charge in [-0.3, -0.25) is 0 Å². The molecule has 0 amide bonds. The van der Waals surface area contributed by atoms with Crippen molar-refractivity contribution in [2.24, 2.45) is 23.7 Å². The molecule has 0 heterocycles. The molecular weight excluding hydrogens is 196 g/mol. The van der Waals surface area contributed by atoms with Gasteiger partial charge in [0.15, 0.2) is 0 Å². The largest absolute Gasteiger partial charge is 0.390 e. The van der Waals surface area contributed by atoms with Gasteiger partial charge in [-0.2, -0.15) is 0 Å². The van der Waals surface area contributed by atoms with Crippen molar-refractivity contribution in [3.63, 3.8) is 0 Å². The van der Waals surface area contributed by atoms with Crippen LogP contribution < -0.4 is 0 Å². The van der Waals surface area contributed by atoms with Gasteiger partial charge in [0.2, 0.25) is 0 Å². The van der Waals surface area contributed by atoms with Gasteiger partial charge < -0.3 is 5.11 Å². The third kappa shape index (κ3) is 3.00. The van der Waals surface area contributed by atoms with E-state index in [1.807, 2.05) is 13.8 Å². The standard InChI is InChI=1S/C15H28O/c1-11-5-4-6-13-8-7-12(9-14(11)13)10-15(2,3)16/h11-14,16H,4-10H2,1-3H3/t11?,12-,13-,14-/m1/s1. The van der Waals surface area contributed by atoms with Crippen molar-refractivity contribution < 1.29 is 5.11 Å². The lowest BCUT2D eigenvalue weighted by Crippen LogP contribution is -2.35. The zero-order chi connectivity index (χ0) is 11.8. The fourth-order valence-corrected chi connectivity index (χ4v) is 4.22. The topological polar surface area (TPSA) is 20.2 Å². The van der Waals surface area contributed by atoms with Gasteiger partial charge in [-0.05, 0) is 56.8 Å². The van der Waals surface area contributed by atoms with Gasteiger partial charge in [0.1, 0.15) is 0 Å². The van der Waals surface area contributed by atoms with E-state index in [1.165, 1.54) is 38.5 Å². The average molecular weight is 224 g/mol. The molecule has 1 N–H and O–H groups in total. The fourth-order valence-electron chi connectivity index (χ4n) is 4.22. The molecule has 2 saturated carbocycles. The molecule has 1 nitrogen and oxygen atoms in total. The summed E-state index contributed by atoms with van der Waals surface area (Å²) < 4.78 is 0. The van der Waals surface area contributed by atoms with Gasteiger partial charge in [-0.25, -0.2) is 0 Å². The molecule has 0 aromatic heterocycles. The van der Waals surface area contributed by atoms with E-state index in [0.29, 0.717) is 0 Å². The quantitative estimate of drug-likeness (QED) is 0.751. The predicted octanol–water partition coefficient (Wildman–Crippen LogP) is 4.00. The number of rotatable bonds is 2. The first-order valence-corrected chi connectivity index (χ1v) is 7.18. The third-order valence-corrected chi connectivity index (χ3v) is 4.91. The maximum Gasteiger partial charge on any atom is 0.0594 e. The van der Waals surface area contributed by atoms with Crippen LogP contribution in [0.2, 0.25) is 0 Å². The first kappa shape index (κ1) is 12.4. The van der Waals surface area contributed by atoms with Crippen LogP contribution in [0, 0.1) is 23.7 Å². The summed E-state index contributed by atoms with van der Waals surface area (Å²) in [5.41, 5.74) is -0.463. The predicted molar refractivity (Wildman–Crippen MR) is 68.3 cm³/mol. The Morgan fingerprint density at radius 1 is 1.12 bits per heavy atom. The Morgan fingerprint density at radius 3 is 2.56 bits per heavy atom. The highest BCUT2D eigenvalue weighted by Crippen LogP contribution is 2.47. The molecule has 2 aliphatic carbocycles. The summed E-state index contributed by atoms with van der Waals surface area (Å²) in [6.45, 7) is 6.37. The van der Waals surface area contributed by atoms with Crippen LogP contribution in [0.1, 0.15) is 65.7 Å². The molecule has 0 bridgehead atoms. The first-order chi connectivity index (χ1) is 7.46. The second kappa shape index (κ2) is 4.68. The van der Waals surface area contributed by atoms with Crippen molar-refractivity contribution in [3.05, 3.63) is 0 Å². The highest BCUT2D eigenvalue weighted by Gasteiger charge is 2.37. The van der Waals surface area contributed by atoms with E-state index in [1.54, 1.807) is 0 Å². The van der Waals surface area contributed by atoms with E-state index in [4.69, 9.17) is 0 Å². The Hall–Kier alpha value is -0.0400. The summed E-state index contributed by atoms with van der Waals surface area (Å²) in [7, 11) is 0. The lowest BCUT2D eigenvalue weighted by molar-refractivity contribution is 0.0163. The summed E-state index contributed by atoms with van der Waals surface area (Å²) in [4.78, 5) is 0. The van der Waals surface area contributed by atoms with Crippen LogP contribution in [0.5, 0.6) is 0 Å². The van der Waals surface area contributed by atoms with Crippen LogP contribution in [0.3, 0.4) is 0 Å². The lowest BCUT2D eigenvalue weighted by Gasteiger charge is -2.44. The van der Waals surface area contributed by atoms with Gasteiger partial charge in [-0.15, -0.1) is 0 Å².